The Morgan fingerprint density at radius 1 is 0.667 bits per heavy atom. The van der Waals surface area contributed by atoms with Gasteiger partial charge in [-0.2, -0.15) is 0 Å². The van der Waals surface area contributed by atoms with Crippen LogP contribution >= 0.6 is 0 Å². The Kier molecular flexibility index (Phi) is 54.9. The summed E-state index contributed by atoms with van der Waals surface area (Å²) >= 11 is 0. The molecule has 1 rings (SSSR count). The fourth-order valence-electron chi connectivity index (χ4n) is 2.28. The second kappa shape index (κ2) is 48.4. The number of carbonyl (C=O) groups excluding carboxylic acids is 2. The van der Waals surface area contributed by atoms with Crippen LogP contribution in [0.2, 0.25) is 0 Å². The number of ether oxygens (including phenoxy) is 6. The van der Waals surface area contributed by atoms with Gasteiger partial charge in [0.25, 0.3) is 0 Å². The molecule has 1 aromatic rings. The Labute approximate surface area is 284 Å². The zero-order valence-electron chi connectivity index (χ0n) is 29.6. The van der Waals surface area contributed by atoms with E-state index in [1.807, 2.05) is 0 Å². The van der Waals surface area contributed by atoms with Crippen LogP contribution in [-0.4, -0.2) is 168 Å². The van der Waals surface area contributed by atoms with Crippen LogP contribution in [0.1, 0.15) is 17.3 Å². The molecule has 0 saturated carbocycles. The van der Waals surface area contributed by atoms with Crippen molar-refractivity contribution in [2.24, 2.45) is 0 Å². The summed E-state index contributed by atoms with van der Waals surface area (Å²) in [6.07, 6.45) is -1.34. The van der Waals surface area contributed by atoms with Crippen molar-refractivity contribution in [1.29, 1.82) is 0 Å². The second-order valence-electron chi connectivity index (χ2n) is 8.88. The standard InChI is InChI=1S/C7H6O3.3C6H15NO2.C3H6O3.C2H4O3/c8-6-4-2-1-3-5(6)7(9)10;3*1-8-5-3-7-4-6-9-2;1-2(4)3(5)6;3-1-2(4)5/h1-4,8H,(H,9,10);3*7H,3-6H2,1-2H3;2,4H,1H3,(H,5,6);3H,1H2,(H,4,5). The zero-order valence-corrected chi connectivity index (χ0v) is 29.6. The van der Waals surface area contributed by atoms with Crippen molar-refractivity contribution in [3.63, 3.8) is 0 Å². The molecule has 286 valence electrons. The van der Waals surface area contributed by atoms with Crippen molar-refractivity contribution >= 4 is 17.9 Å². The number of aromatic carboxylic acids is 1. The summed E-state index contributed by atoms with van der Waals surface area (Å²) in [5.74, 6) is -4.50. The summed E-state index contributed by atoms with van der Waals surface area (Å²) < 4.78 is 29.1. The summed E-state index contributed by atoms with van der Waals surface area (Å²) in [4.78, 5) is 28.6. The SMILES string of the molecule is CC(O)C(=O)[O-].COCC[NH2+]CCOC.COCC[NH2+]CCOC.COCC[NH2+]CCOC.O=C(O)c1ccccc1[O-].O=C([O-])CO. The van der Waals surface area contributed by atoms with Crippen LogP contribution < -0.4 is 31.3 Å². The highest BCUT2D eigenvalue weighted by molar-refractivity contribution is 5.90. The van der Waals surface area contributed by atoms with Crippen LogP contribution in [0.4, 0.5) is 0 Å². The number of rotatable bonds is 21. The van der Waals surface area contributed by atoms with Gasteiger partial charge < -0.3 is 84.6 Å². The third kappa shape index (κ3) is 58.5. The molecule has 0 aliphatic rings. The van der Waals surface area contributed by atoms with Gasteiger partial charge in [0.2, 0.25) is 0 Å². The van der Waals surface area contributed by atoms with Gasteiger partial charge in [-0.15, -0.1) is 0 Å². The van der Waals surface area contributed by atoms with Gasteiger partial charge in [0, 0.05) is 42.7 Å². The number of aliphatic hydroxyl groups is 2. The molecule has 1 aromatic carbocycles. The largest absolute Gasteiger partial charge is 0.872 e. The lowest BCUT2D eigenvalue weighted by Crippen LogP contribution is -2.86. The van der Waals surface area contributed by atoms with Gasteiger partial charge in [0.1, 0.15) is 0 Å². The number of carboxylic acid groups (broad SMARTS) is 3. The number of nitrogens with two attached hydrogens (primary N) is 3. The van der Waals surface area contributed by atoms with Crippen LogP contribution in [0, 0.1) is 0 Å². The Hall–Kier alpha value is -3.01. The molecular formula is C30H61N3O15. The molecule has 0 aromatic heterocycles. The first-order valence-electron chi connectivity index (χ1n) is 15.0. The van der Waals surface area contributed by atoms with Crippen molar-refractivity contribution in [3.8, 4) is 5.75 Å². The number of para-hydroxylation sites is 1. The summed E-state index contributed by atoms with van der Waals surface area (Å²) in [7, 11) is 10.3. The minimum atomic E-state index is -1.44. The number of benzene rings is 1. The minimum Gasteiger partial charge on any atom is -0.872 e. The number of carboxylic acids is 3. The fourth-order valence-corrected chi connectivity index (χ4v) is 2.28. The zero-order chi connectivity index (χ0) is 37.8. The Bertz CT molecular complexity index is 755. The molecule has 0 radical (unpaired) electrons. The number of carbonyl (C=O) groups is 3. The molecule has 1 atom stereocenters. The van der Waals surface area contributed by atoms with E-state index in [2.05, 4.69) is 16.0 Å². The van der Waals surface area contributed by atoms with Gasteiger partial charge in [0.05, 0.1) is 109 Å². The normalized spacial score (nSPS) is 10.0. The maximum atomic E-state index is 10.7. The molecule has 0 aliphatic carbocycles. The minimum absolute atomic E-state index is 0.178. The Morgan fingerprint density at radius 3 is 1.06 bits per heavy atom. The molecule has 0 spiro atoms. The van der Waals surface area contributed by atoms with E-state index in [0.29, 0.717) is 0 Å². The number of aliphatic hydroxyl groups excluding tert-OH is 2. The van der Waals surface area contributed by atoms with Crippen LogP contribution in [0.15, 0.2) is 24.3 Å². The van der Waals surface area contributed by atoms with E-state index in [0.717, 1.165) is 85.8 Å². The Morgan fingerprint density at radius 2 is 0.917 bits per heavy atom. The van der Waals surface area contributed by atoms with Crippen molar-refractivity contribution in [3.05, 3.63) is 29.8 Å². The second-order valence-corrected chi connectivity index (χ2v) is 8.88. The number of quaternary nitrogens is 3. The van der Waals surface area contributed by atoms with E-state index >= 15 is 0 Å². The first-order valence-corrected chi connectivity index (χ1v) is 15.0. The molecule has 18 heteroatoms. The molecule has 1 unspecified atom stereocenters. The topological polar surface area (TPSA) is 286 Å². The predicted octanol–water partition coefficient (Wildman–Crippen LogP) is -7.17. The molecule has 48 heavy (non-hydrogen) atoms. The van der Waals surface area contributed by atoms with Crippen LogP contribution in [0.5, 0.6) is 5.75 Å². The monoisotopic (exact) mass is 703 g/mol. The lowest BCUT2D eigenvalue weighted by Gasteiger charge is -2.07. The van der Waals surface area contributed by atoms with Crippen molar-refractivity contribution in [2.45, 2.75) is 13.0 Å². The number of hydrogen-bond acceptors (Lipinski definition) is 14. The molecule has 0 fully saturated rings. The molecule has 9 N–H and O–H groups in total. The van der Waals surface area contributed by atoms with Crippen LogP contribution in [0.3, 0.4) is 0 Å². The third-order valence-electron chi connectivity index (χ3n) is 4.74. The van der Waals surface area contributed by atoms with Gasteiger partial charge in [-0.25, -0.2) is 4.79 Å². The average molecular weight is 704 g/mol. The number of hydrogen-bond donors (Lipinski definition) is 6. The van der Waals surface area contributed by atoms with E-state index < -0.39 is 36.4 Å². The lowest BCUT2D eigenvalue weighted by atomic mass is 10.2. The maximum absolute atomic E-state index is 10.7. The highest BCUT2D eigenvalue weighted by atomic mass is 16.5. The van der Waals surface area contributed by atoms with Crippen LogP contribution in [0.25, 0.3) is 0 Å². The first kappa shape index (κ1) is 54.4. The fraction of sp³-hybridized carbons (Fsp3) is 0.700. The van der Waals surface area contributed by atoms with Crippen LogP contribution in [-0.2, 0) is 38.0 Å². The molecule has 0 amide bonds. The Balaban J connectivity index is -0.000000156. The molecule has 18 nitrogen and oxygen atoms in total. The summed E-state index contributed by atoms with van der Waals surface area (Å²) in [5.41, 5.74) is -0.178. The number of aliphatic carboxylic acids is 2. The van der Waals surface area contributed by atoms with Crippen molar-refractivity contribution < 1.29 is 89.4 Å². The van der Waals surface area contributed by atoms with Gasteiger partial charge >= 0.3 is 5.97 Å². The predicted molar refractivity (Wildman–Crippen MR) is 168 cm³/mol. The molecule has 0 aliphatic heterocycles. The molecule has 0 saturated heterocycles. The molecule has 0 bridgehead atoms. The quantitative estimate of drug-likeness (QED) is 0.0649. The molecule has 0 heterocycles. The highest BCUT2D eigenvalue weighted by Crippen LogP contribution is 2.10. The third-order valence-corrected chi connectivity index (χ3v) is 4.74. The van der Waals surface area contributed by atoms with Gasteiger partial charge in [-0.1, -0.05) is 23.9 Å². The van der Waals surface area contributed by atoms with Gasteiger partial charge in [-0.3, -0.25) is 0 Å². The first-order chi connectivity index (χ1) is 22.9. The lowest BCUT2D eigenvalue weighted by molar-refractivity contribution is -0.657. The van der Waals surface area contributed by atoms with Gasteiger partial charge in [0.15, 0.2) is 0 Å². The van der Waals surface area contributed by atoms with E-state index in [4.69, 9.17) is 53.6 Å². The maximum Gasteiger partial charge on any atom is 0.335 e. The number of methoxy groups -OCH3 is 6. The average Bonchev–Trinajstić information content (AvgIpc) is 3.06. The van der Waals surface area contributed by atoms with E-state index in [1.54, 1.807) is 42.7 Å². The summed E-state index contributed by atoms with van der Waals surface area (Å²) in [6.45, 7) is 11.3. The van der Waals surface area contributed by atoms with Crippen molar-refractivity contribution in [2.75, 3.05) is 128 Å². The van der Waals surface area contributed by atoms with Gasteiger partial charge in [-0.05, 0) is 13.0 Å². The smallest absolute Gasteiger partial charge is 0.335 e. The summed E-state index contributed by atoms with van der Waals surface area (Å²) in [5, 5.41) is 59.4. The highest BCUT2D eigenvalue weighted by Gasteiger charge is 1.99. The van der Waals surface area contributed by atoms with E-state index in [1.165, 1.54) is 24.3 Å². The molecular weight excluding hydrogens is 642 g/mol. The van der Waals surface area contributed by atoms with E-state index in [9.17, 15) is 19.8 Å². The van der Waals surface area contributed by atoms with Crippen molar-refractivity contribution in [1.82, 2.24) is 0 Å². The van der Waals surface area contributed by atoms with E-state index in [-0.39, 0.29) is 5.56 Å². The summed E-state index contributed by atoms with van der Waals surface area (Å²) in [6, 6.07) is 5.54.